The highest BCUT2D eigenvalue weighted by molar-refractivity contribution is 8.02. The van der Waals surface area contributed by atoms with Gasteiger partial charge >= 0.3 is 0 Å². The summed E-state index contributed by atoms with van der Waals surface area (Å²) in [6.07, 6.45) is 1.78. The van der Waals surface area contributed by atoms with E-state index in [9.17, 15) is 4.79 Å². The first-order valence-corrected chi connectivity index (χ1v) is 10.4. The number of ketones is 1. The first kappa shape index (κ1) is 18.5. The number of aromatic amines is 1. The molecule has 8 heteroatoms. The SMILES string of the molecule is COc1cccc(Nc2nnc(SC(C)C(=O)c3c[nH]c4ccccc34)s2)c1. The fourth-order valence-electron chi connectivity index (χ4n) is 2.83. The number of methoxy groups -OCH3 is 1. The number of nitrogens with one attached hydrogen (secondary N) is 2. The molecule has 2 aromatic carbocycles. The highest BCUT2D eigenvalue weighted by Gasteiger charge is 2.21. The van der Waals surface area contributed by atoms with Crippen LogP contribution in [0.15, 0.2) is 59.1 Å². The molecule has 0 spiro atoms. The van der Waals surface area contributed by atoms with Gasteiger partial charge in [0.05, 0.1) is 12.4 Å². The molecule has 142 valence electrons. The van der Waals surface area contributed by atoms with Crippen LogP contribution in [0.3, 0.4) is 0 Å². The Bertz CT molecular complexity index is 1120. The van der Waals surface area contributed by atoms with E-state index >= 15 is 0 Å². The summed E-state index contributed by atoms with van der Waals surface area (Å²) in [5, 5.41) is 12.9. The zero-order valence-electron chi connectivity index (χ0n) is 15.3. The zero-order chi connectivity index (χ0) is 19.5. The Balaban J connectivity index is 1.45. The lowest BCUT2D eigenvalue weighted by Gasteiger charge is -2.07. The second-order valence-corrected chi connectivity index (χ2v) is 8.67. The van der Waals surface area contributed by atoms with Crippen molar-refractivity contribution in [2.24, 2.45) is 0 Å². The lowest BCUT2D eigenvalue weighted by atomic mass is 10.1. The normalized spacial score (nSPS) is 12.1. The van der Waals surface area contributed by atoms with E-state index in [1.807, 2.05) is 55.5 Å². The molecule has 0 radical (unpaired) electrons. The summed E-state index contributed by atoms with van der Waals surface area (Å²) in [6, 6.07) is 15.4. The number of aromatic nitrogens is 3. The smallest absolute Gasteiger partial charge is 0.210 e. The van der Waals surface area contributed by atoms with Gasteiger partial charge < -0.3 is 15.0 Å². The van der Waals surface area contributed by atoms with Crippen LogP contribution in [0.25, 0.3) is 10.9 Å². The van der Waals surface area contributed by atoms with E-state index in [1.165, 1.54) is 23.1 Å². The Morgan fingerprint density at radius 3 is 2.93 bits per heavy atom. The summed E-state index contributed by atoms with van der Waals surface area (Å²) in [4.78, 5) is 16.0. The first-order valence-electron chi connectivity index (χ1n) is 8.65. The molecule has 28 heavy (non-hydrogen) atoms. The number of anilines is 2. The Kier molecular flexibility index (Phi) is 5.31. The van der Waals surface area contributed by atoms with Crippen molar-refractivity contribution in [1.82, 2.24) is 15.2 Å². The molecule has 2 aromatic heterocycles. The quantitative estimate of drug-likeness (QED) is 0.325. The monoisotopic (exact) mass is 410 g/mol. The molecule has 0 aliphatic carbocycles. The van der Waals surface area contributed by atoms with E-state index in [-0.39, 0.29) is 11.0 Å². The summed E-state index contributed by atoms with van der Waals surface area (Å²) in [6.45, 7) is 1.89. The molecule has 1 atom stereocenters. The van der Waals surface area contributed by atoms with E-state index in [4.69, 9.17) is 4.74 Å². The molecule has 2 N–H and O–H groups in total. The summed E-state index contributed by atoms with van der Waals surface area (Å²) >= 11 is 2.83. The largest absolute Gasteiger partial charge is 0.497 e. The van der Waals surface area contributed by atoms with Crippen molar-refractivity contribution in [3.05, 3.63) is 60.3 Å². The van der Waals surface area contributed by atoms with Crippen LogP contribution in [0.5, 0.6) is 5.75 Å². The number of benzene rings is 2. The van der Waals surface area contributed by atoms with Crippen molar-refractivity contribution >= 4 is 50.6 Å². The van der Waals surface area contributed by atoms with Crippen molar-refractivity contribution in [2.45, 2.75) is 16.5 Å². The van der Waals surface area contributed by atoms with Crippen LogP contribution < -0.4 is 10.1 Å². The minimum atomic E-state index is -0.267. The van der Waals surface area contributed by atoms with E-state index < -0.39 is 0 Å². The number of fused-ring (bicyclic) bond motifs is 1. The van der Waals surface area contributed by atoms with Crippen molar-refractivity contribution in [3.63, 3.8) is 0 Å². The van der Waals surface area contributed by atoms with Gasteiger partial charge in [0.2, 0.25) is 5.13 Å². The predicted molar refractivity (Wildman–Crippen MR) is 114 cm³/mol. The van der Waals surface area contributed by atoms with Crippen LogP contribution in [-0.2, 0) is 0 Å². The van der Waals surface area contributed by atoms with Gasteiger partial charge in [0.1, 0.15) is 5.75 Å². The topological polar surface area (TPSA) is 79.9 Å². The second-order valence-electron chi connectivity index (χ2n) is 6.10. The van der Waals surface area contributed by atoms with Gasteiger partial charge in [-0.2, -0.15) is 0 Å². The van der Waals surface area contributed by atoms with Gasteiger partial charge in [0.25, 0.3) is 0 Å². The van der Waals surface area contributed by atoms with E-state index in [1.54, 1.807) is 13.3 Å². The number of H-pyrrole nitrogens is 1. The van der Waals surface area contributed by atoms with Crippen molar-refractivity contribution < 1.29 is 9.53 Å². The number of Topliss-reactive ketones (excluding diaryl/α,β-unsaturated/α-hetero) is 1. The van der Waals surface area contributed by atoms with Crippen LogP contribution in [0.2, 0.25) is 0 Å². The standard InChI is InChI=1S/C20H18N4O2S2/c1-12(18(25)16-11-21-17-9-4-3-8-15(16)17)27-20-24-23-19(28-20)22-13-6-5-7-14(10-13)26-2/h3-12,21H,1-2H3,(H,22,23). The molecule has 0 aliphatic heterocycles. The summed E-state index contributed by atoms with van der Waals surface area (Å²) in [7, 11) is 1.63. The maximum Gasteiger partial charge on any atom is 0.210 e. The molecular weight excluding hydrogens is 392 g/mol. The molecule has 4 aromatic rings. The number of carbonyl (C=O) groups is 1. The highest BCUT2D eigenvalue weighted by atomic mass is 32.2. The number of nitrogens with zero attached hydrogens (tertiary/aromatic N) is 2. The number of ether oxygens (including phenoxy) is 1. The molecule has 6 nitrogen and oxygen atoms in total. The third-order valence-corrected chi connectivity index (χ3v) is 6.25. The fraction of sp³-hybridized carbons (Fsp3) is 0.150. The van der Waals surface area contributed by atoms with Crippen molar-refractivity contribution in [1.29, 1.82) is 0 Å². The van der Waals surface area contributed by atoms with Crippen molar-refractivity contribution in [3.8, 4) is 5.75 Å². The number of rotatable bonds is 7. The third-order valence-electron chi connectivity index (χ3n) is 4.23. The molecule has 0 amide bonds. The fourth-order valence-corrected chi connectivity index (χ4v) is 4.82. The van der Waals surface area contributed by atoms with Crippen LogP contribution in [0.1, 0.15) is 17.3 Å². The summed E-state index contributed by atoms with van der Waals surface area (Å²) in [5.74, 6) is 0.835. The first-order chi connectivity index (χ1) is 13.6. The molecule has 2 heterocycles. The number of para-hydroxylation sites is 1. The summed E-state index contributed by atoms with van der Waals surface area (Å²) < 4.78 is 5.97. The minimum Gasteiger partial charge on any atom is -0.497 e. The van der Waals surface area contributed by atoms with Crippen LogP contribution in [-0.4, -0.2) is 33.3 Å². The van der Waals surface area contributed by atoms with Crippen LogP contribution in [0, 0.1) is 0 Å². The molecule has 0 saturated heterocycles. The lowest BCUT2D eigenvalue weighted by molar-refractivity contribution is 0.0995. The number of hydrogen-bond donors (Lipinski definition) is 2. The average molecular weight is 411 g/mol. The van der Waals surface area contributed by atoms with Gasteiger partial charge in [0.15, 0.2) is 10.1 Å². The minimum absolute atomic E-state index is 0.0694. The Labute approximate surface area is 170 Å². The number of thioether (sulfide) groups is 1. The molecule has 0 bridgehead atoms. The average Bonchev–Trinajstić information content (AvgIpc) is 3.34. The molecule has 1 unspecified atom stereocenters. The third kappa shape index (κ3) is 3.88. The molecule has 0 saturated carbocycles. The Morgan fingerprint density at radius 1 is 1.21 bits per heavy atom. The predicted octanol–water partition coefficient (Wildman–Crippen LogP) is 5.14. The Morgan fingerprint density at radius 2 is 2.07 bits per heavy atom. The van der Waals surface area contributed by atoms with Gasteiger partial charge in [-0.3, -0.25) is 4.79 Å². The maximum absolute atomic E-state index is 12.9. The Hall–Kier alpha value is -2.84. The molecule has 0 aliphatic rings. The molecule has 0 fully saturated rings. The lowest BCUT2D eigenvalue weighted by Crippen LogP contribution is -2.12. The zero-order valence-corrected chi connectivity index (χ0v) is 16.9. The van der Waals surface area contributed by atoms with Gasteiger partial charge in [-0.15, -0.1) is 10.2 Å². The summed E-state index contributed by atoms with van der Waals surface area (Å²) in [5.41, 5.74) is 2.54. The second kappa shape index (κ2) is 8.04. The van der Waals surface area contributed by atoms with Gasteiger partial charge in [-0.05, 0) is 25.1 Å². The van der Waals surface area contributed by atoms with E-state index in [2.05, 4.69) is 20.5 Å². The van der Waals surface area contributed by atoms with E-state index in [0.717, 1.165) is 26.7 Å². The number of carbonyl (C=O) groups excluding carboxylic acids is 1. The van der Waals surface area contributed by atoms with Crippen LogP contribution in [0.4, 0.5) is 10.8 Å². The van der Waals surface area contributed by atoms with E-state index in [0.29, 0.717) is 10.7 Å². The maximum atomic E-state index is 12.9. The van der Waals surface area contributed by atoms with Gasteiger partial charge in [-0.25, -0.2) is 0 Å². The van der Waals surface area contributed by atoms with Crippen molar-refractivity contribution in [2.75, 3.05) is 12.4 Å². The number of hydrogen-bond acceptors (Lipinski definition) is 7. The molecule has 4 rings (SSSR count). The molecular formula is C20H18N4O2S2. The highest BCUT2D eigenvalue weighted by Crippen LogP contribution is 2.33. The van der Waals surface area contributed by atoms with Crippen LogP contribution >= 0.6 is 23.1 Å². The van der Waals surface area contributed by atoms with Gasteiger partial charge in [0, 0.05) is 34.4 Å². The van der Waals surface area contributed by atoms with Gasteiger partial charge in [-0.1, -0.05) is 47.4 Å².